The fourth-order valence-electron chi connectivity index (χ4n) is 2.37. The van der Waals surface area contributed by atoms with Crippen LogP contribution in [-0.2, 0) is 0 Å². The molecular formula is C17H11ClN4O3. The van der Waals surface area contributed by atoms with Crippen molar-refractivity contribution in [3.05, 3.63) is 63.3 Å². The lowest BCUT2D eigenvalue weighted by Gasteiger charge is -2.13. The summed E-state index contributed by atoms with van der Waals surface area (Å²) < 4.78 is 5.18. The molecular weight excluding hydrogens is 344 g/mol. The van der Waals surface area contributed by atoms with Crippen LogP contribution in [0.25, 0.3) is 10.9 Å². The first-order valence-corrected chi connectivity index (χ1v) is 7.49. The molecule has 1 aromatic heterocycles. The maximum absolute atomic E-state index is 10.8. The first kappa shape index (κ1) is 16.5. The van der Waals surface area contributed by atoms with E-state index < -0.39 is 4.92 Å². The molecule has 0 spiro atoms. The maximum atomic E-state index is 10.8. The van der Waals surface area contributed by atoms with Crippen molar-refractivity contribution in [2.24, 2.45) is 0 Å². The van der Waals surface area contributed by atoms with Crippen molar-refractivity contribution in [2.45, 2.75) is 0 Å². The van der Waals surface area contributed by atoms with Gasteiger partial charge in [0.1, 0.15) is 11.8 Å². The van der Waals surface area contributed by atoms with Gasteiger partial charge in [0.05, 0.1) is 39.5 Å². The first-order valence-electron chi connectivity index (χ1n) is 7.11. The van der Waals surface area contributed by atoms with Crippen LogP contribution in [-0.4, -0.2) is 17.0 Å². The summed E-state index contributed by atoms with van der Waals surface area (Å²) in [7, 11) is 1.56. The van der Waals surface area contributed by atoms with Crippen molar-refractivity contribution in [1.29, 1.82) is 5.26 Å². The van der Waals surface area contributed by atoms with Crippen LogP contribution in [0.4, 0.5) is 17.1 Å². The van der Waals surface area contributed by atoms with E-state index in [0.29, 0.717) is 33.6 Å². The molecule has 0 atom stereocenters. The lowest BCUT2D eigenvalue weighted by Crippen LogP contribution is -1.98. The Morgan fingerprint density at radius 2 is 2.12 bits per heavy atom. The fraction of sp³-hybridized carbons (Fsp3) is 0.0588. The molecule has 0 bridgehead atoms. The minimum atomic E-state index is -0.523. The summed E-state index contributed by atoms with van der Waals surface area (Å²) in [6.07, 6.45) is 1.45. The molecule has 3 rings (SSSR count). The molecule has 0 saturated heterocycles. The Kier molecular flexibility index (Phi) is 4.37. The molecule has 0 amide bonds. The summed E-state index contributed by atoms with van der Waals surface area (Å²) in [4.78, 5) is 14.6. The molecule has 0 radical (unpaired) electrons. The van der Waals surface area contributed by atoms with E-state index >= 15 is 0 Å². The zero-order valence-corrected chi connectivity index (χ0v) is 13.7. The van der Waals surface area contributed by atoms with E-state index in [1.807, 2.05) is 0 Å². The number of pyridine rings is 1. The number of halogens is 1. The van der Waals surface area contributed by atoms with Crippen molar-refractivity contribution in [3.63, 3.8) is 0 Å². The van der Waals surface area contributed by atoms with Crippen LogP contribution in [0.15, 0.2) is 42.6 Å². The minimum absolute atomic E-state index is 0.111. The topological polar surface area (TPSA) is 101 Å². The zero-order valence-electron chi connectivity index (χ0n) is 13.0. The number of ether oxygens (including phenoxy) is 1. The number of non-ortho nitro benzene ring substituents is 1. The lowest BCUT2D eigenvalue weighted by molar-refractivity contribution is -0.384. The number of nitro benzene ring substituents is 1. The van der Waals surface area contributed by atoms with E-state index in [1.54, 1.807) is 25.3 Å². The van der Waals surface area contributed by atoms with Gasteiger partial charge in [-0.25, -0.2) is 0 Å². The molecule has 1 heterocycles. The average molecular weight is 355 g/mol. The predicted molar refractivity (Wildman–Crippen MR) is 94.4 cm³/mol. The molecule has 2 aromatic carbocycles. The maximum Gasteiger partial charge on any atom is 0.271 e. The van der Waals surface area contributed by atoms with E-state index in [4.69, 9.17) is 16.3 Å². The van der Waals surface area contributed by atoms with Gasteiger partial charge in [-0.05, 0) is 18.2 Å². The molecule has 0 aliphatic rings. The number of nitriles is 1. The van der Waals surface area contributed by atoms with Gasteiger partial charge in [0.25, 0.3) is 5.69 Å². The van der Waals surface area contributed by atoms with E-state index in [-0.39, 0.29) is 10.7 Å². The van der Waals surface area contributed by atoms with Gasteiger partial charge in [-0.2, -0.15) is 5.26 Å². The second-order valence-corrected chi connectivity index (χ2v) is 5.50. The molecule has 3 aromatic rings. The van der Waals surface area contributed by atoms with Crippen LogP contribution >= 0.6 is 11.6 Å². The normalized spacial score (nSPS) is 10.3. The monoisotopic (exact) mass is 354 g/mol. The summed E-state index contributed by atoms with van der Waals surface area (Å²) in [5.74, 6) is 0.643. The third kappa shape index (κ3) is 3.16. The number of anilines is 2. The Hall–Kier alpha value is -3.37. The highest BCUT2D eigenvalue weighted by Crippen LogP contribution is 2.34. The number of nitrogens with zero attached hydrogens (tertiary/aromatic N) is 3. The predicted octanol–water partition coefficient (Wildman–Crippen LogP) is 4.42. The number of methoxy groups -OCH3 is 1. The lowest BCUT2D eigenvalue weighted by atomic mass is 10.1. The van der Waals surface area contributed by atoms with Crippen LogP contribution in [0, 0.1) is 21.4 Å². The SMILES string of the molecule is COc1ccc2c(Nc3ccc([N+](=O)[O-])cc3Cl)c(C#N)cnc2c1. The Bertz CT molecular complexity index is 1030. The van der Waals surface area contributed by atoms with Crippen molar-refractivity contribution in [3.8, 4) is 11.8 Å². The Morgan fingerprint density at radius 1 is 1.32 bits per heavy atom. The van der Waals surface area contributed by atoms with Crippen LogP contribution < -0.4 is 10.1 Å². The summed E-state index contributed by atoms with van der Waals surface area (Å²) in [6, 6.07) is 11.5. The standard InChI is InChI=1S/C17H11ClN4O3/c1-25-12-3-4-13-16(7-12)20-9-10(8-19)17(13)21-15-5-2-11(22(23)24)6-14(15)18/h2-7,9H,1H3,(H,20,21). The van der Waals surface area contributed by atoms with E-state index in [0.717, 1.165) is 0 Å². The Labute approximate surface area is 147 Å². The zero-order chi connectivity index (χ0) is 18.0. The minimum Gasteiger partial charge on any atom is -0.497 e. The quantitative estimate of drug-likeness (QED) is 0.549. The van der Waals surface area contributed by atoms with Gasteiger partial charge in [-0.3, -0.25) is 15.1 Å². The Balaban J connectivity index is 2.12. The third-order valence-corrected chi connectivity index (χ3v) is 3.93. The number of benzene rings is 2. The number of hydrogen-bond acceptors (Lipinski definition) is 6. The van der Waals surface area contributed by atoms with Gasteiger partial charge in [-0.1, -0.05) is 11.6 Å². The largest absolute Gasteiger partial charge is 0.497 e. The molecule has 0 aliphatic carbocycles. The molecule has 0 saturated carbocycles. The number of hydrogen-bond donors (Lipinski definition) is 1. The van der Waals surface area contributed by atoms with Crippen molar-refractivity contribution in [1.82, 2.24) is 4.98 Å². The van der Waals surface area contributed by atoms with Crippen LogP contribution in [0.5, 0.6) is 5.75 Å². The summed E-state index contributed by atoms with van der Waals surface area (Å²) in [5, 5.41) is 24.1. The van der Waals surface area contributed by atoms with E-state index in [2.05, 4.69) is 16.4 Å². The number of nitro groups is 1. The van der Waals surface area contributed by atoms with Gasteiger partial charge >= 0.3 is 0 Å². The summed E-state index contributed by atoms with van der Waals surface area (Å²) >= 11 is 6.13. The highest BCUT2D eigenvalue weighted by molar-refractivity contribution is 6.33. The van der Waals surface area contributed by atoms with Crippen LogP contribution in [0.1, 0.15) is 5.56 Å². The van der Waals surface area contributed by atoms with E-state index in [9.17, 15) is 15.4 Å². The van der Waals surface area contributed by atoms with Gasteiger partial charge in [0.2, 0.25) is 0 Å². The summed E-state index contributed by atoms with van der Waals surface area (Å²) in [6.45, 7) is 0. The second-order valence-electron chi connectivity index (χ2n) is 5.09. The molecule has 0 unspecified atom stereocenters. The molecule has 1 N–H and O–H groups in total. The number of fused-ring (bicyclic) bond motifs is 1. The van der Waals surface area contributed by atoms with Gasteiger partial charge in [0, 0.05) is 29.8 Å². The van der Waals surface area contributed by atoms with Crippen molar-refractivity contribution < 1.29 is 9.66 Å². The average Bonchev–Trinajstić information content (AvgIpc) is 2.62. The van der Waals surface area contributed by atoms with Crippen LogP contribution in [0.2, 0.25) is 5.02 Å². The molecule has 7 nitrogen and oxygen atoms in total. The molecule has 0 fully saturated rings. The number of rotatable bonds is 4. The van der Waals surface area contributed by atoms with Crippen molar-refractivity contribution >= 4 is 39.6 Å². The third-order valence-electron chi connectivity index (χ3n) is 3.62. The molecule has 25 heavy (non-hydrogen) atoms. The van der Waals surface area contributed by atoms with Crippen molar-refractivity contribution in [2.75, 3.05) is 12.4 Å². The number of nitrogens with one attached hydrogen (secondary N) is 1. The highest BCUT2D eigenvalue weighted by atomic mass is 35.5. The van der Waals surface area contributed by atoms with E-state index in [1.165, 1.54) is 24.4 Å². The first-order chi connectivity index (χ1) is 12.0. The molecule has 0 aliphatic heterocycles. The fourth-order valence-corrected chi connectivity index (χ4v) is 2.60. The van der Waals surface area contributed by atoms with Gasteiger partial charge in [-0.15, -0.1) is 0 Å². The summed E-state index contributed by atoms with van der Waals surface area (Å²) in [5.41, 5.74) is 1.82. The van der Waals surface area contributed by atoms with Crippen LogP contribution in [0.3, 0.4) is 0 Å². The highest BCUT2D eigenvalue weighted by Gasteiger charge is 2.14. The van der Waals surface area contributed by atoms with Gasteiger partial charge in [0.15, 0.2) is 0 Å². The number of aromatic nitrogens is 1. The molecule has 124 valence electrons. The Morgan fingerprint density at radius 3 is 2.76 bits per heavy atom. The van der Waals surface area contributed by atoms with Gasteiger partial charge < -0.3 is 10.1 Å². The molecule has 8 heteroatoms. The smallest absolute Gasteiger partial charge is 0.271 e. The second kappa shape index (κ2) is 6.63.